The van der Waals surface area contributed by atoms with E-state index in [1.165, 1.54) is 18.2 Å². The first kappa shape index (κ1) is 19.1. The number of ether oxygens (including phenoxy) is 1. The lowest BCUT2D eigenvalue weighted by Gasteiger charge is -2.36. The molecule has 8 heteroatoms. The highest BCUT2D eigenvalue weighted by Crippen LogP contribution is 2.26. The number of halogens is 1. The quantitative estimate of drug-likeness (QED) is 0.591. The highest BCUT2D eigenvalue weighted by molar-refractivity contribution is 5.48. The zero-order chi connectivity index (χ0) is 19.2. The van der Waals surface area contributed by atoms with Gasteiger partial charge >= 0.3 is 5.69 Å². The Morgan fingerprint density at radius 2 is 1.78 bits per heavy atom. The molecule has 1 heterocycles. The summed E-state index contributed by atoms with van der Waals surface area (Å²) in [5, 5.41) is 21.2. The van der Waals surface area contributed by atoms with Crippen LogP contribution in [-0.4, -0.2) is 60.4 Å². The summed E-state index contributed by atoms with van der Waals surface area (Å²) in [6.45, 7) is 3.08. The van der Waals surface area contributed by atoms with Gasteiger partial charge in [-0.2, -0.15) is 0 Å². The Bertz CT molecular complexity index is 781. The SMILES string of the molecule is O=[N+]([O-])c1ccccc1OC[C@H](O)CN1CCN(c2ccccc2F)CC1. The zero-order valence-corrected chi connectivity index (χ0v) is 14.8. The number of nitrogens with zero attached hydrogens (tertiary/aromatic N) is 3. The standard InChI is InChI=1S/C19H22FN3O4/c20-16-5-1-2-6-17(16)22-11-9-21(10-12-22)13-15(24)14-27-19-8-4-3-7-18(19)23(25)26/h1-8,15,24H,9-14H2/t15-/m1/s1. The van der Waals surface area contributed by atoms with Crippen molar-refractivity contribution in [3.8, 4) is 5.75 Å². The Hall–Kier alpha value is -2.71. The van der Waals surface area contributed by atoms with Crippen molar-refractivity contribution in [2.75, 3.05) is 44.2 Å². The lowest BCUT2D eigenvalue weighted by atomic mass is 10.2. The Labute approximate surface area is 156 Å². The molecule has 7 nitrogen and oxygen atoms in total. The van der Waals surface area contributed by atoms with Gasteiger partial charge in [-0.15, -0.1) is 0 Å². The van der Waals surface area contributed by atoms with E-state index in [4.69, 9.17) is 4.74 Å². The van der Waals surface area contributed by atoms with Crippen molar-refractivity contribution < 1.29 is 19.2 Å². The molecule has 1 aliphatic rings. The fraction of sp³-hybridized carbons (Fsp3) is 0.368. The molecule has 0 saturated carbocycles. The van der Waals surface area contributed by atoms with E-state index in [-0.39, 0.29) is 23.9 Å². The fourth-order valence-corrected chi connectivity index (χ4v) is 3.15. The van der Waals surface area contributed by atoms with Gasteiger partial charge in [0.05, 0.1) is 10.6 Å². The number of benzene rings is 2. The van der Waals surface area contributed by atoms with Gasteiger partial charge < -0.3 is 14.7 Å². The number of para-hydroxylation sites is 3. The third kappa shape index (κ3) is 4.93. The first-order valence-corrected chi connectivity index (χ1v) is 8.80. The number of β-amino-alcohol motifs (C(OH)–C–C–N with tert-alkyl or cyclic N) is 1. The summed E-state index contributed by atoms with van der Waals surface area (Å²) in [5.41, 5.74) is 0.473. The van der Waals surface area contributed by atoms with E-state index in [1.807, 2.05) is 11.0 Å². The average molecular weight is 375 g/mol. The minimum atomic E-state index is -0.773. The monoisotopic (exact) mass is 375 g/mol. The molecule has 0 spiro atoms. The number of anilines is 1. The largest absolute Gasteiger partial charge is 0.484 e. The van der Waals surface area contributed by atoms with E-state index < -0.39 is 11.0 Å². The van der Waals surface area contributed by atoms with Crippen molar-refractivity contribution in [2.24, 2.45) is 0 Å². The number of nitro groups is 1. The molecule has 2 aromatic carbocycles. The van der Waals surface area contributed by atoms with Gasteiger partial charge in [0, 0.05) is 38.8 Å². The zero-order valence-electron chi connectivity index (χ0n) is 14.8. The summed E-state index contributed by atoms with van der Waals surface area (Å²) in [6.07, 6.45) is -0.773. The summed E-state index contributed by atoms with van der Waals surface area (Å²) in [6, 6.07) is 12.8. The van der Waals surface area contributed by atoms with Crippen molar-refractivity contribution in [1.29, 1.82) is 0 Å². The van der Waals surface area contributed by atoms with Crippen molar-refractivity contribution in [3.05, 3.63) is 64.5 Å². The molecule has 1 atom stereocenters. The number of hydrogen-bond donors (Lipinski definition) is 1. The van der Waals surface area contributed by atoms with Crippen molar-refractivity contribution in [1.82, 2.24) is 4.90 Å². The Kier molecular flexibility index (Phi) is 6.20. The second kappa shape index (κ2) is 8.79. The number of piperazine rings is 1. The van der Waals surface area contributed by atoms with Gasteiger partial charge in [0.2, 0.25) is 0 Å². The first-order valence-electron chi connectivity index (χ1n) is 8.80. The lowest BCUT2D eigenvalue weighted by molar-refractivity contribution is -0.385. The van der Waals surface area contributed by atoms with Crippen LogP contribution in [0.4, 0.5) is 15.8 Å². The van der Waals surface area contributed by atoms with Crippen LogP contribution in [0.2, 0.25) is 0 Å². The summed E-state index contributed by atoms with van der Waals surface area (Å²) in [5.74, 6) is -0.0882. The summed E-state index contributed by atoms with van der Waals surface area (Å²) in [7, 11) is 0. The smallest absolute Gasteiger partial charge is 0.310 e. The van der Waals surface area contributed by atoms with Crippen LogP contribution in [0.25, 0.3) is 0 Å². The van der Waals surface area contributed by atoms with Crippen LogP contribution in [0, 0.1) is 15.9 Å². The van der Waals surface area contributed by atoms with Crippen LogP contribution in [0.15, 0.2) is 48.5 Å². The maximum atomic E-state index is 13.9. The second-order valence-electron chi connectivity index (χ2n) is 6.43. The molecule has 0 bridgehead atoms. The van der Waals surface area contributed by atoms with Crippen LogP contribution in [0.1, 0.15) is 0 Å². The van der Waals surface area contributed by atoms with Gasteiger partial charge in [0.1, 0.15) is 18.5 Å². The van der Waals surface area contributed by atoms with Gasteiger partial charge in [-0.3, -0.25) is 15.0 Å². The van der Waals surface area contributed by atoms with Gasteiger partial charge in [-0.1, -0.05) is 24.3 Å². The molecule has 0 aromatic heterocycles. The number of aliphatic hydroxyl groups is 1. The molecule has 0 aliphatic carbocycles. The van der Waals surface area contributed by atoms with E-state index in [0.29, 0.717) is 38.4 Å². The molecular weight excluding hydrogens is 353 g/mol. The topological polar surface area (TPSA) is 79.1 Å². The molecule has 1 aliphatic heterocycles. The molecule has 27 heavy (non-hydrogen) atoms. The minimum absolute atomic E-state index is 0.0294. The van der Waals surface area contributed by atoms with Crippen LogP contribution in [0.3, 0.4) is 0 Å². The lowest BCUT2D eigenvalue weighted by Crippen LogP contribution is -2.49. The molecule has 2 aromatic rings. The van der Waals surface area contributed by atoms with E-state index in [0.717, 1.165) is 0 Å². The van der Waals surface area contributed by atoms with Crippen molar-refractivity contribution in [2.45, 2.75) is 6.10 Å². The molecule has 1 N–H and O–H groups in total. The van der Waals surface area contributed by atoms with Crippen LogP contribution >= 0.6 is 0 Å². The number of hydrogen-bond acceptors (Lipinski definition) is 6. The summed E-state index contributed by atoms with van der Waals surface area (Å²) in [4.78, 5) is 14.5. The molecule has 1 fully saturated rings. The Morgan fingerprint density at radius 3 is 2.48 bits per heavy atom. The molecule has 3 rings (SSSR count). The predicted octanol–water partition coefficient (Wildman–Crippen LogP) is 2.30. The second-order valence-corrected chi connectivity index (χ2v) is 6.43. The molecule has 0 unspecified atom stereocenters. The number of aliphatic hydroxyl groups excluding tert-OH is 1. The normalized spacial score (nSPS) is 16.1. The number of nitro benzene ring substituents is 1. The van der Waals surface area contributed by atoms with Gasteiger partial charge in [-0.25, -0.2) is 4.39 Å². The van der Waals surface area contributed by atoms with Gasteiger partial charge in [0.15, 0.2) is 5.75 Å². The highest BCUT2D eigenvalue weighted by Gasteiger charge is 2.22. The molecule has 144 valence electrons. The van der Waals surface area contributed by atoms with E-state index in [9.17, 15) is 19.6 Å². The van der Waals surface area contributed by atoms with Crippen LogP contribution in [-0.2, 0) is 0 Å². The van der Waals surface area contributed by atoms with Crippen molar-refractivity contribution in [3.63, 3.8) is 0 Å². The highest BCUT2D eigenvalue weighted by atomic mass is 19.1. The predicted molar refractivity (Wildman–Crippen MR) is 99.7 cm³/mol. The Balaban J connectivity index is 1.47. The van der Waals surface area contributed by atoms with Crippen molar-refractivity contribution >= 4 is 11.4 Å². The average Bonchev–Trinajstić information content (AvgIpc) is 2.68. The molecular formula is C19H22FN3O4. The van der Waals surface area contributed by atoms with Gasteiger partial charge in [-0.05, 0) is 18.2 Å². The van der Waals surface area contributed by atoms with E-state index in [1.54, 1.807) is 24.3 Å². The van der Waals surface area contributed by atoms with Crippen LogP contribution < -0.4 is 9.64 Å². The van der Waals surface area contributed by atoms with Gasteiger partial charge in [0.25, 0.3) is 0 Å². The first-order chi connectivity index (χ1) is 13.0. The van der Waals surface area contributed by atoms with E-state index >= 15 is 0 Å². The van der Waals surface area contributed by atoms with E-state index in [2.05, 4.69) is 4.90 Å². The maximum absolute atomic E-state index is 13.9. The Morgan fingerprint density at radius 1 is 1.11 bits per heavy atom. The summed E-state index contributed by atoms with van der Waals surface area (Å²) < 4.78 is 19.3. The number of rotatable bonds is 7. The fourth-order valence-electron chi connectivity index (χ4n) is 3.15. The van der Waals surface area contributed by atoms with Crippen LogP contribution in [0.5, 0.6) is 5.75 Å². The third-order valence-corrected chi connectivity index (χ3v) is 4.53. The maximum Gasteiger partial charge on any atom is 0.310 e. The summed E-state index contributed by atoms with van der Waals surface area (Å²) >= 11 is 0. The molecule has 0 amide bonds. The minimum Gasteiger partial charge on any atom is -0.484 e. The molecule has 0 radical (unpaired) electrons. The third-order valence-electron chi connectivity index (χ3n) is 4.53. The molecule has 1 saturated heterocycles.